The molecule has 0 spiro atoms. The molecule has 0 saturated heterocycles. The third-order valence-electron chi connectivity index (χ3n) is 9.59. The van der Waals surface area contributed by atoms with Crippen molar-refractivity contribution in [1.29, 1.82) is 15.8 Å². The summed E-state index contributed by atoms with van der Waals surface area (Å²) in [6.45, 7) is 6.01. The summed E-state index contributed by atoms with van der Waals surface area (Å²) in [6, 6.07) is 49.4. The monoisotopic (exact) mass is 651 g/mol. The number of nitrogens with zero attached hydrogens (tertiary/aromatic N) is 5. The first-order valence-electron chi connectivity index (χ1n) is 16.6. The second-order valence-electron chi connectivity index (χ2n) is 12.4. The van der Waals surface area contributed by atoms with Crippen LogP contribution in [0.1, 0.15) is 27.9 Å². The lowest BCUT2D eigenvalue weighted by atomic mass is 9.91. The molecule has 6 aromatic carbocycles. The summed E-state index contributed by atoms with van der Waals surface area (Å²) in [6.07, 6.45) is 5.74. The molecule has 0 fully saturated rings. The first kappa shape index (κ1) is 30.9. The molecule has 0 unspecified atom stereocenters. The van der Waals surface area contributed by atoms with Crippen LogP contribution in [0.2, 0.25) is 0 Å². The zero-order chi connectivity index (χ0) is 35.1. The van der Waals surface area contributed by atoms with Gasteiger partial charge >= 0.3 is 0 Å². The van der Waals surface area contributed by atoms with Crippen LogP contribution in [0.3, 0.4) is 0 Å². The van der Waals surface area contributed by atoms with Gasteiger partial charge in [-0.2, -0.15) is 15.8 Å². The average Bonchev–Trinajstić information content (AvgIpc) is 3.66. The highest BCUT2D eigenvalue weighted by Crippen LogP contribution is 2.44. The zero-order valence-corrected chi connectivity index (χ0v) is 27.8. The molecule has 0 aliphatic heterocycles. The van der Waals surface area contributed by atoms with Crippen LogP contribution in [0, 0.1) is 40.9 Å². The van der Waals surface area contributed by atoms with Crippen molar-refractivity contribution in [3.63, 3.8) is 0 Å². The Balaban J connectivity index is 1.50. The van der Waals surface area contributed by atoms with Gasteiger partial charge in [0.25, 0.3) is 0 Å². The predicted molar refractivity (Wildman–Crippen MR) is 207 cm³/mol. The quantitative estimate of drug-likeness (QED) is 0.168. The van der Waals surface area contributed by atoms with Crippen LogP contribution in [0.25, 0.3) is 72.4 Å². The van der Waals surface area contributed by atoms with E-state index in [4.69, 9.17) is 0 Å². The van der Waals surface area contributed by atoms with Crippen LogP contribution in [0.5, 0.6) is 0 Å². The topological polar surface area (TPSA) is 81.2 Å². The van der Waals surface area contributed by atoms with E-state index in [1.807, 2.05) is 72.8 Å². The Bertz CT molecular complexity index is 2880. The maximum atomic E-state index is 10.0. The second-order valence-corrected chi connectivity index (χ2v) is 12.4. The van der Waals surface area contributed by atoms with Gasteiger partial charge in [0.1, 0.15) is 0 Å². The Morgan fingerprint density at radius 3 is 1.92 bits per heavy atom. The van der Waals surface area contributed by atoms with Crippen LogP contribution >= 0.6 is 0 Å². The molecule has 8 aromatic rings. The Labute approximate surface area is 295 Å². The van der Waals surface area contributed by atoms with E-state index in [0.717, 1.165) is 77.6 Å². The molecule has 0 bridgehead atoms. The van der Waals surface area contributed by atoms with Crippen molar-refractivity contribution in [2.24, 2.45) is 0 Å². The number of nitriles is 3. The highest BCUT2D eigenvalue weighted by atomic mass is 15.0. The SMILES string of the molecule is C=C/C=C\c1c(C)c2cc(C#N)ccc2n1-c1cccc(-c2ccccc2-n2c3ccccc3c3cc(C#N)ccc32)c1-c1cccc(C#N)c1. The summed E-state index contributed by atoms with van der Waals surface area (Å²) in [7, 11) is 0. The maximum Gasteiger partial charge on any atom is 0.0991 e. The van der Waals surface area contributed by atoms with E-state index in [1.54, 1.807) is 6.08 Å². The van der Waals surface area contributed by atoms with Crippen LogP contribution < -0.4 is 0 Å². The van der Waals surface area contributed by atoms with Crippen LogP contribution in [-0.2, 0) is 0 Å². The molecular formula is C46H29N5. The van der Waals surface area contributed by atoms with Crippen molar-refractivity contribution < 1.29 is 0 Å². The van der Waals surface area contributed by atoms with E-state index >= 15 is 0 Å². The van der Waals surface area contributed by atoms with E-state index in [2.05, 4.69) is 108 Å². The number of fused-ring (bicyclic) bond motifs is 4. The van der Waals surface area contributed by atoms with E-state index in [9.17, 15) is 15.8 Å². The minimum absolute atomic E-state index is 0.566. The summed E-state index contributed by atoms with van der Waals surface area (Å²) in [5.74, 6) is 0. The van der Waals surface area contributed by atoms with Crippen LogP contribution in [0.4, 0.5) is 0 Å². The van der Waals surface area contributed by atoms with Gasteiger partial charge in [0.2, 0.25) is 0 Å². The first-order chi connectivity index (χ1) is 25.1. The molecule has 0 atom stereocenters. The molecule has 238 valence electrons. The summed E-state index contributed by atoms with van der Waals surface area (Å²) in [5, 5.41) is 32.6. The standard InChI is InChI=1S/C46H29N5/c1-3-4-16-40-30(2)38-25-32(28-48)20-22-43(38)50(40)45-19-10-15-37(46(45)34-12-9-11-31(24-34)27-47)35-13-5-7-17-41(35)51-42-18-8-6-14-36(42)39-26-33(29-49)21-23-44(39)51/h3-26H,1H2,2H3/b16-4-. The molecule has 51 heavy (non-hydrogen) atoms. The average molecular weight is 652 g/mol. The molecule has 5 nitrogen and oxygen atoms in total. The predicted octanol–water partition coefficient (Wildman–Crippen LogP) is 11.2. The number of aromatic nitrogens is 2. The van der Waals surface area contributed by atoms with E-state index in [-0.39, 0.29) is 0 Å². The lowest BCUT2D eigenvalue weighted by molar-refractivity contribution is 1.10. The van der Waals surface area contributed by atoms with Crippen LogP contribution in [-0.4, -0.2) is 9.13 Å². The highest BCUT2D eigenvalue weighted by molar-refractivity contribution is 6.10. The van der Waals surface area contributed by atoms with E-state index in [0.29, 0.717) is 16.7 Å². The van der Waals surface area contributed by atoms with Gasteiger partial charge in [-0.15, -0.1) is 0 Å². The lowest BCUT2D eigenvalue weighted by Crippen LogP contribution is -2.03. The number of allylic oxidation sites excluding steroid dienone is 2. The molecule has 0 aliphatic rings. The fourth-order valence-electron chi connectivity index (χ4n) is 7.35. The molecule has 2 aromatic heterocycles. The van der Waals surface area contributed by atoms with Gasteiger partial charge in [-0.1, -0.05) is 79.4 Å². The molecule has 0 N–H and O–H groups in total. The molecule has 8 rings (SSSR count). The largest absolute Gasteiger partial charge is 0.309 e. The molecule has 0 amide bonds. The van der Waals surface area contributed by atoms with Gasteiger partial charge < -0.3 is 9.13 Å². The fraction of sp³-hybridized carbons (Fsp3) is 0.0217. The zero-order valence-electron chi connectivity index (χ0n) is 27.8. The third kappa shape index (κ3) is 4.99. The number of hydrogen-bond acceptors (Lipinski definition) is 3. The number of para-hydroxylation sites is 2. The molecule has 5 heteroatoms. The minimum atomic E-state index is 0.566. The fourth-order valence-corrected chi connectivity index (χ4v) is 7.35. The molecule has 0 saturated carbocycles. The number of rotatable bonds is 6. The van der Waals surface area contributed by atoms with Crippen molar-refractivity contribution >= 4 is 38.8 Å². The van der Waals surface area contributed by atoms with Gasteiger partial charge in [-0.3, -0.25) is 0 Å². The Kier molecular flexibility index (Phi) is 7.62. The molecule has 0 aliphatic carbocycles. The minimum Gasteiger partial charge on any atom is -0.309 e. The Hall–Kier alpha value is -7.39. The maximum absolute atomic E-state index is 10.0. The van der Waals surface area contributed by atoms with Crippen molar-refractivity contribution in [3.8, 4) is 51.8 Å². The normalized spacial score (nSPS) is 11.2. The number of hydrogen-bond donors (Lipinski definition) is 0. The summed E-state index contributed by atoms with van der Waals surface area (Å²) in [4.78, 5) is 0. The van der Waals surface area contributed by atoms with Crippen molar-refractivity contribution in [2.75, 3.05) is 0 Å². The third-order valence-corrected chi connectivity index (χ3v) is 9.59. The second kappa shape index (κ2) is 12.6. The first-order valence-corrected chi connectivity index (χ1v) is 16.6. The summed E-state index contributed by atoms with van der Waals surface area (Å²) >= 11 is 0. The van der Waals surface area contributed by atoms with Crippen molar-refractivity contribution in [3.05, 3.63) is 174 Å². The number of benzene rings is 6. The van der Waals surface area contributed by atoms with Crippen molar-refractivity contribution in [1.82, 2.24) is 9.13 Å². The van der Waals surface area contributed by atoms with Crippen LogP contribution in [0.15, 0.2) is 146 Å². The Morgan fingerprint density at radius 1 is 0.549 bits per heavy atom. The molecular weight excluding hydrogens is 623 g/mol. The van der Waals surface area contributed by atoms with Gasteiger partial charge in [0, 0.05) is 33.0 Å². The summed E-state index contributed by atoms with van der Waals surface area (Å²) in [5.41, 5.74) is 12.6. The highest BCUT2D eigenvalue weighted by Gasteiger charge is 2.23. The van der Waals surface area contributed by atoms with Gasteiger partial charge in [0.05, 0.1) is 62.8 Å². The Morgan fingerprint density at radius 2 is 1.16 bits per heavy atom. The molecule has 2 heterocycles. The summed E-state index contributed by atoms with van der Waals surface area (Å²) < 4.78 is 4.52. The number of aryl methyl sites for hydroxylation is 1. The molecule has 0 radical (unpaired) electrons. The van der Waals surface area contributed by atoms with E-state index in [1.165, 1.54) is 0 Å². The van der Waals surface area contributed by atoms with Gasteiger partial charge in [0.15, 0.2) is 0 Å². The van der Waals surface area contributed by atoms with Crippen molar-refractivity contribution in [2.45, 2.75) is 6.92 Å². The van der Waals surface area contributed by atoms with Gasteiger partial charge in [-0.25, -0.2) is 0 Å². The van der Waals surface area contributed by atoms with Gasteiger partial charge in [-0.05, 0) is 96.4 Å². The smallest absolute Gasteiger partial charge is 0.0991 e. The lowest BCUT2D eigenvalue weighted by Gasteiger charge is -2.21. The van der Waals surface area contributed by atoms with E-state index < -0.39 is 0 Å².